The number of benzene rings is 1. The van der Waals surface area contributed by atoms with Crippen LogP contribution in [0.15, 0.2) is 36.6 Å². The van der Waals surface area contributed by atoms with Crippen LogP contribution in [0.2, 0.25) is 0 Å². The number of ether oxygens (including phenoxy) is 1. The molecule has 0 N–H and O–H groups in total. The lowest BCUT2D eigenvalue weighted by molar-refractivity contribution is 0.0286. The van der Waals surface area contributed by atoms with Crippen molar-refractivity contribution in [3.63, 3.8) is 0 Å². The quantitative estimate of drug-likeness (QED) is 0.748. The standard InChI is InChI=1S/C21H33NO/c1-7-21(5,6)20-10-8-19(9-11-20)12-16(2)13-22-14-17(3)23-18(4)15-22/h8-11,16,18H,3,7,12-15H2,1-2,4-6H3/t16?,18-/m1/s1. The molecule has 128 valence electrons. The van der Waals surface area contributed by atoms with Crippen LogP contribution < -0.4 is 0 Å². The van der Waals surface area contributed by atoms with Crippen molar-refractivity contribution in [1.29, 1.82) is 0 Å². The van der Waals surface area contributed by atoms with Crippen LogP contribution in [0.5, 0.6) is 0 Å². The molecule has 2 rings (SSSR count). The van der Waals surface area contributed by atoms with Crippen molar-refractivity contribution in [2.75, 3.05) is 19.6 Å². The fourth-order valence-electron chi connectivity index (χ4n) is 3.38. The minimum atomic E-state index is 0.263. The van der Waals surface area contributed by atoms with E-state index in [2.05, 4.69) is 70.4 Å². The molecule has 0 amide bonds. The van der Waals surface area contributed by atoms with Crippen molar-refractivity contribution in [2.24, 2.45) is 5.92 Å². The lowest BCUT2D eigenvalue weighted by atomic mass is 9.82. The van der Waals surface area contributed by atoms with Gasteiger partial charge in [0.2, 0.25) is 0 Å². The first kappa shape index (κ1) is 18.1. The molecule has 1 aliphatic rings. The van der Waals surface area contributed by atoms with Gasteiger partial charge in [0.05, 0.1) is 6.54 Å². The van der Waals surface area contributed by atoms with Crippen LogP contribution in [0.25, 0.3) is 0 Å². The van der Waals surface area contributed by atoms with Gasteiger partial charge in [0.25, 0.3) is 0 Å². The van der Waals surface area contributed by atoms with Crippen molar-refractivity contribution in [1.82, 2.24) is 4.90 Å². The zero-order valence-electron chi connectivity index (χ0n) is 15.6. The summed E-state index contributed by atoms with van der Waals surface area (Å²) >= 11 is 0. The van der Waals surface area contributed by atoms with E-state index < -0.39 is 0 Å². The molecule has 23 heavy (non-hydrogen) atoms. The van der Waals surface area contributed by atoms with Gasteiger partial charge < -0.3 is 4.74 Å². The summed E-state index contributed by atoms with van der Waals surface area (Å²) in [6.45, 7) is 18.3. The van der Waals surface area contributed by atoms with Crippen molar-refractivity contribution in [2.45, 2.75) is 59.0 Å². The number of hydrogen-bond acceptors (Lipinski definition) is 2. The highest BCUT2D eigenvalue weighted by Crippen LogP contribution is 2.27. The Kier molecular flexibility index (Phi) is 5.91. The van der Waals surface area contributed by atoms with E-state index in [1.165, 1.54) is 17.5 Å². The molecule has 0 aromatic heterocycles. The molecular weight excluding hydrogens is 282 g/mol. The van der Waals surface area contributed by atoms with Gasteiger partial charge in [0.1, 0.15) is 11.9 Å². The van der Waals surface area contributed by atoms with E-state index in [1.807, 2.05) is 0 Å². The molecule has 1 aliphatic heterocycles. The molecule has 2 nitrogen and oxygen atoms in total. The topological polar surface area (TPSA) is 12.5 Å². The molecule has 1 unspecified atom stereocenters. The minimum absolute atomic E-state index is 0.263. The Morgan fingerprint density at radius 1 is 1.30 bits per heavy atom. The minimum Gasteiger partial charge on any atom is -0.493 e. The van der Waals surface area contributed by atoms with Gasteiger partial charge in [-0.2, -0.15) is 0 Å². The van der Waals surface area contributed by atoms with Crippen LogP contribution in [0.1, 0.15) is 52.2 Å². The van der Waals surface area contributed by atoms with E-state index in [9.17, 15) is 0 Å². The fourth-order valence-corrected chi connectivity index (χ4v) is 3.38. The van der Waals surface area contributed by atoms with E-state index in [0.29, 0.717) is 5.92 Å². The zero-order chi connectivity index (χ0) is 17.0. The molecule has 0 radical (unpaired) electrons. The third-order valence-corrected chi connectivity index (χ3v) is 5.06. The van der Waals surface area contributed by atoms with E-state index >= 15 is 0 Å². The zero-order valence-corrected chi connectivity index (χ0v) is 15.6. The molecule has 0 aliphatic carbocycles. The van der Waals surface area contributed by atoms with Crippen molar-refractivity contribution in [3.05, 3.63) is 47.7 Å². The summed E-state index contributed by atoms with van der Waals surface area (Å²) in [5, 5.41) is 0. The van der Waals surface area contributed by atoms with Crippen molar-refractivity contribution < 1.29 is 4.74 Å². The van der Waals surface area contributed by atoms with E-state index in [4.69, 9.17) is 4.74 Å². The van der Waals surface area contributed by atoms with Gasteiger partial charge in [-0.05, 0) is 42.2 Å². The average molecular weight is 316 g/mol. The van der Waals surface area contributed by atoms with Crippen molar-refractivity contribution in [3.8, 4) is 0 Å². The Labute approximate surface area is 142 Å². The molecule has 2 heteroatoms. The number of nitrogens with zero attached hydrogens (tertiary/aromatic N) is 1. The van der Waals surface area contributed by atoms with Crippen LogP contribution in [-0.2, 0) is 16.6 Å². The maximum Gasteiger partial charge on any atom is 0.108 e. The number of morpholine rings is 1. The Balaban J connectivity index is 1.90. The molecule has 1 fully saturated rings. The Morgan fingerprint density at radius 3 is 2.52 bits per heavy atom. The molecule has 2 atom stereocenters. The van der Waals surface area contributed by atoms with Gasteiger partial charge in [-0.1, -0.05) is 58.5 Å². The second-order valence-electron chi connectivity index (χ2n) is 7.90. The first-order valence-electron chi connectivity index (χ1n) is 8.96. The fraction of sp³-hybridized carbons (Fsp3) is 0.619. The number of rotatable bonds is 6. The van der Waals surface area contributed by atoms with Gasteiger partial charge in [0.15, 0.2) is 0 Å². The van der Waals surface area contributed by atoms with E-state index in [0.717, 1.165) is 31.8 Å². The van der Waals surface area contributed by atoms with E-state index in [-0.39, 0.29) is 11.5 Å². The normalized spacial score (nSPS) is 21.1. The Hall–Kier alpha value is -1.28. The third kappa shape index (κ3) is 5.10. The van der Waals surface area contributed by atoms with Crippen LogP contribution in [0, 0.1) is 5.92 Å². The summed E-state index contributed by atoms with van der Waals surface area (Å²) in [5.74, 6) is 1.54. The van der Waals surface area contributed by atoms with Gasteiger partial charge in [-0.3, -0.25) is 4.90 Å². The summed E-state index contributed by atoms with van der Waals surface area (Å²) in [5.41, 5.74) is 3.15. The predicted molar refractivity (Wildman–Crippen MR) is 98.8 cm³/mol. The largest absolute Gasteiger partial charge is 0.493 e. The highest BCUT2D eigenvalue weighted by atomic mass is 16.5. The lowest BCUT2D eigenvalue weighted by Crippen LogP contribution is -2.42. The first-order valence-corrected chi connectivity index (χ1v) is 8.96. The molecule has 1 saturated heterocycles. The second kappa shape index (κ2) is 7.53. The van der Waals surface area contributed by atoms with Crippen LogP contribution in [0.3, 0.4) is 0 Å². The predicted octanol–water partition coefficient (Wildman–Crippen LogP) is 4.79. The third-order valence-electron chi connectivity index (χ3n) is 5.06. The number of hydrogen-bond donors (Lipinski definition) is 0. The van der Waals surface area contributed by atoms with Gasteiger partial charge >= 0.3 is 0 Å². The van der Waals surface area contributed by atoms with Crippen molar-refractivity contribution >= 4 is 0 Å². The molecule has 0 bridgehead atoms. The second-order valence-corrected chi connectivity index (χ2v) is 7.90. The molecular formula is C21H33NO. The lowest BCUT2D eigenvalue weighted by Gasteiger charge is -2.34. The maximum atomic E-state index is 5.64. The molecule has 0 saturated carbocycles. The summed E-state index contributed by atoms with van der Waals surface area (Å²) < 4.78 is 5.64. The van der Waals surface area contributed by atoms with Crippen LogP contribution in [0.4, 0.5) is 0 Å². The van der Waals surface area contributed by atoms with Gasteiger partial charge in [-0.25, -0.2) is 0 Å². The molecule has 1 heterocycles. The maximum absolute atomic E-state index is 5.64. The van der Waals surface area contributed by atoms with E-state index in [1.54, 1.807) is 0 Å². The summed E-state index contributed by atoms with van der Waals surface area (Å²) in [7, 11) is 0. The van der Waals surface area contributed by atoms with Gasteiger partial charge in [0, 0.05) is 13.1 Å². The summed E-state index contributed by atoms with van der Waals surface area (Å²) in [6, 6.07) is 9.24. The highest BCUT2D eigenvalue weighted by Gasteiger charge is 2.21. The Bertz CT molecular complexity index is 517. The summed E-state index contributed by atoms with van der Waals surface area (Å²) in [6.07, 6.45) is 2.56. The Morgan fingerprint density at radius 2 is 1.96 bits per heavy atom. The first-order chi connectivity index (χ1) is 10.8. The molecule has 1 aromatic carbocycles. The SMILES string of the molecule is C=C1CN(CC(C)Cc2ccc(C(C)(C)CC)cc2)C[C@@H](C)O1. The monoisotopic (exact) mass is 315 g/mol. The van der Waals surface area contributed by atoms with Gasteiger partial charge in [-0.15, -0.1) is 0 Å². The summed E-state index contributed by atoms with van der Waals surface area (Å²) in [4.78, 5) is 2.47. The average Bonchev–Trinajstić information content (AvgIpc) is 2.46. The molecule has 0 spiro atoms. The molecule has 1 aromatic rings. The highest BCUT2D eigenvalue weighted by molar-refractivity contribution is 5.28. The smallest absolute Gasteiger partial charge is 0.108 e. The van der Waals surface area contributed by atoms with Crippen LogP contribution >= 0.6 is 0 Å². The van der Waals surface area contributed by atoms with Crippen LogP contribution in [-0.4, -0.2) is 30.6 Å².